The summed E-state index contributed by atoms with van der Waals surface area (Å²) >= 11 is 0. The predicted molar refractivity (Wildman–Crippen MR) is 74.1 cm³/mol. The van der Waals surface area contributed by atoms with Crippen LogP contribution in [-0.4, -0.2) is 6.54 Å². The Morgan fingerprint density at radius 3 is 2.58 bits per heavy atom. The fourth-order valence-corrected chi connectivity index (χ4v) is 3.17. The number of rotatable bonds is 2. The zero-order chi connectivity index (χ0) is 14.0. The normalized spacial score (nSPS) is 24.5. The minimum atomic E-state index is -0.573. The molecule has 3 heteroatoms. The van der Waals surface area contributed by atoms with E-state index in [1.165, 1.54) is 12.1 Å². The molecule has 1 unspecified atom stereocenters. The van der Waals surface area contributed by atoms with Crippen molar-refractivity contribution in [3.8, 4) is 0 Å². The first-order valence-corrected chi connectivity index (χ1v) is 7.19. The second-order valence-electron chi connectivity index (χ2n) is 5.92. The Bertz CT molecular complexity index is 446. The van der Waals surface area contributed by atoms with Crippen LogP contribution in [0.1, 0.15) is 50.7 Å². The standard InChI is InChI=1S/C16H23F2N/c1-11(2)16(9-5-4-6-10-19-16)14-13(17)8-7-12(3)15(14)18/h7-8,11,19H,4-6,9-10H2,1-3H3. The molecule has 0 saturated carbocycles. The maximum Gasteiger partial charge on any atom is 0.134 e. The lowest BCUT2D eigenvalue weighted by Crippen LogP contribution is -2.47. The van der Waals surface area contributed by atoms with Crippen molar-refractivity contribution in [3.63, 3.8) is 0 Å². The third-order valence-corrected chi connectivity index (χ3v) is 4.40. The van der Waals surface area contributed by atoms with Gasteiger partial charge in [-0.05, 0) is 43.9 Å². The van der Waals surface area contributed by atoms with Gasteiger partial charge in [0.1, 0.15) is 11.6 Å². The molecule has 1 aromatic carbocycles. The highest BCUT2D eigenvalue weighted by Gasteiger charge is 2.40. The van der Waals surface area contributed by atoms with Gasteiger partial charge in [0.2, 0.25) is 0 Å². The molecule has 1 nitrogen and oxygen atoms in total. The summed E-state index contributed by atoms with van der Waals surface area (Å²) in [4.78, 5) is 0. The van der Waals surface area contributed by atoms with E-state index in [1.54, 1.807) is 6.92 Å². The van der Waals surface area contributed by atoms with Crippen LogP contribution in [0.4, 0.5) is 8.78 Å². The average molecular weight is 267 g/mol. The van der Waals surface area contributed by atoms with Crippen LogP contribution >= 0.6 is 0 Å². The highest BCUT2D eigenvalue weighted by Crippen LogP contribution is 2.39. The lowest BCUT2D eigenvalue weighted by Gasteiger charge is -2.39. The number of nitrogens with one attached hydrogen (secondary N) is 1. The SMILES string of the molecule is Cc1ccc(F)c(C2(C(C)C)CCCCCN2)c1F. The third-order valence-electron chi connectivity index (χ3n) is 4.40. The molecule has 0 amide bonds. The molecular formula is C16H23F2N. The summed E-state index contributed by atoms with van der Waals surface area (Å²) in [5.74, 6) is -0.661. The molecule has 19 heavy (non-hydrogen) atoms. The quantitative estimate of drug-likeness (QED) is 0.843. The van der Waals surface area contributed by atoms with Crippen molar-refractivity contribution in [1.29, 1.82) is 0 Å². The Morgan fingerprint density at radius 2 is 1.89 bits per heavy atom. The first kappa shape index (κ1) is 14.4. The Labute approximate surface area is 114 Å². The van der Waals surface area contributed by atoms with E-state index >= 15 is 0 Å². The van der Waals surface area contributed by atoms with Crippen molar-refractivity contribution >= 4 is 0 Å². The molecule has 0 aromatic heterocycles. The molecular weight excluding hydrogens is 244 g/mol. The average Bonchev–Trinajstić information content (AvgIpc) is 2.61. The maximum absolute atomic E-state index is 14.5. The minimum Gasteiger partial charge on any atom is -0.307 e. The van der Waals surface area contributed by atoms with Gasteiger partial charge in [0.15, 0.2) is 0 Å². The molecule has 1 aliphatic heterocycles. The zero-order valence-corrected chi connectivity index (χ0v) is 12.0. The van der Waals surface area contributed by atoms with Crippen LogP contribution in [-0.2, 0) is 5.54 Å². The van der Waals surface area contributed by atoms with E-state index in [0.29, 0.717) is 5.56 Å². The van der Waals surface area contributed by atoms with Gasteiger partial charge < -0.3 is 5.32 Å². The van der Waals surface area contributed by atoms with E-state index in [-0.39, 0.29) is 17.3 Å². The number of benzene rings is 1. The fraction of sp³-hybridized carbons (Fsp3) is 0.625. The van der Waals surface area contributed by atoms with Crippen molar-refractivity contribution < 1.29 is 8.78 Å². The van der Waals surface area contributed by atoms with Gasteiger partial charge in [0.25, 0.3) is 0 Å². The lowest BCUT2D eigenvalue weighted by atomic mass is 9.75. The molecule has 1 atom stereocenters. The van der Waals surface area contributed by atoms with Crippen LogP contribution in [0, 0.1) is 24.5 Å². The summed E-state index contributed by atoms with van der Waals surface area (Å²) in [6, 6.07) is 2.91. The molecule has 1 N–H and O–H groups in total. The first-order valence-electron chi connectivity index (χ1n) is 7.19. The second-order valence-corrected chi connectivity index (χ2v) is 5.92. The molecule has 1 heterocycles. The molecule has 0 bridgehead atoms. The van der Waals surface area contributed by atoms with Gasteiger partial charge in [0.05, 0.1) is 5.54 Å². The van der Waals surface area contributed by atoms with Crippen LogP contribution in [0.15, 0.2) is 12.1 Å². The smallest absolute Gasteiger partial charge is 0.134 e. The van der Waals surface area contributed by atoms with Crippen LogP contribution in [0.2, 0.25) is 0 Å². The number of hydrogen-bond donors (Lipinski definition) is 1. The van der Waals surface area contributed by atoms with E-state index in [1.807, 2.05) is 13.8 Å². The fourth-order valence-electron chi connectivity index (χ4n) is 3.17. The van der Waals surface area contributed by atoms with Gasteiger partial charge in [-0.3, -0.25) is 0 Å². The molecule has 0 spiro atoms. The van der Waals surface area contributed by atoms with Crippen molar-refractivity contribution in [3.05, 3.63) is 34.9 Å². The molecule has 106 valence electrons. The molecule has 1 fully saturated rings. The molecule has 0 aliphatic carbocycles. The van der Waals surface area contributed by atoms with E-state index in [2.05, 4.69) is 5.32 Å². The van der Waals surface area contributed by atoms with E-state index in [9.17, 15) is 8.78 Å². The summed E-state index contributed by atoms with van der Waals surface area (Å²) in [6.45, 7) is 6.60. The highest BCUT2D eigenvalue weighted by molar-refractivity contribution is 5.33. The Hall–Kier alpha value is -0.960. The Morgan fingerprint density at radius 1 is 1.16 bits per heavy atom. The van der Waals surface area contributed by atoms with Gasteiger partial charge in [0, 0.05) is 5.56 Å². The topological polar surface area (TPSA) is 12.0 Å². The monoisotopic (exact) mass is 267 g/mol. The highest BCUT2D eigenvalue weighted by atomic mass is 19.1. The van der Waals surface area contributed by atoms with E-state index in [4.69, 9.17) is 0 Å². The molecule has 1 aromatic rings. The van der Waals surface area contributed by atoms with Crippen molar-refractivity contribution in [2.75, 3.05) is 6.54 Å². The number of aryl methyl sites for hydroxylation is 1. The van der Waals surface area contributed by atoms with Gasteiger partial charge >= 0.3 is 0 Å². The summed E-state index contributed by atoms with van der Waals surface area (Å²) in [5, 5.41) is 3.44. The maximum atomic E-state index is 14.5. The molecule has 2 rings (SSSR count). The summed E-state index contributed by atoms with van der Waals surface area (Å²) < 4.78 is 28.8. The molecule has 0 radical (unpaired) electrons. The Balaban J connectivity index is 2.58. The molecule has 1 saturated heterocycles. The summed E-state index contributed by atoms with van der Waals surface area (Å²) in [5.41, 5.74) is 0.184. The van der Waals surface area contributed by atoms with Crippen LogP contribution in [0.3, 0.4) is 0 Å². The second kappa shape index (κ2) is 5.58. The van der Waals surface area contributed by atoms with E-state index < -0.39 is 11.4 Å². The summed E-state index contributed by atoms with van der Waals surface area (Å²) in [7, 11) is 0. The largest absolute Gasteiger partial charge is 0.307 e. The van der Waals surface area contributed by atoms with Gasteiger partial charge in [-0.1, -0.05) is 32.8 Å². The van der Waals surface area contributed by atoms with Crippen molar-refractivity contribution in [2.45, 2.75) is 52.0 Å². The minimum absolute atomic E-state index is 0.149. The van der Waals surface area contributed by atoms with Crippen molar-refractivity contribution in [1.82, 2.24) is 5.32 Å². The van der Waals surface area contributed by atoms with Gasteiger partial charge in [-0.25, -0.2) is 8.78 Å². The lowest BCUT2D eigenvalue weighted by molar-refractivity contribution is 0.214. The van der Waals surface area contributed by atoms with Gasteiger partial charge in [-0.2, -0.15) is 0 Å². The van der Waals surface area contributed by atoms with Crippen molar-refractivity contribution in [2.24, 2.45) is 5.92 Å². The van der Waals surface area contributed by atoms with Crippen LogP contribution < -0.4 is 5.32 Å². The number of hydrogen-bond acceptors (Lipinski definition) is 1. The number of halogens is 2. The third kappa shape index (κ3) is 2.53. The zero-order valence-electron chi connectivity index (χ0n) is 12.0. The molecule has 1 aliphatic rings. The van der Waals surface area contributed by atoms with E-state index in [0.717, 1.165) is 32.2 Å². The van der Waals surface area contributed by atoms with Crippen LogP contribution in [0.5, 0.6) is 0 Å². The Kier molecular flexibility index (Phi) is 4.24. The first-order chi connectivity index (χ1) is 8.99. The predicted octanol–water partition coefficient (Wildman–Crippen LogP) is 4.29. The van der Waals surface area contributed by atoms with Crippen LogP contribution in [0.25, 0.3) is 0 Å². The van der Waals surface area contributed by atoms with Gasteiger partial charge in [-0.15, -0.1) is 0 Å². The summed E-state index contributed by atoms with van der Waals surface area (Å²) in [6.07, 6.45) is 4.00.